The molecule has 1 aliphatic rings. The Labute approximate surface area is 193 Å². The van der Waals surface area contributed by atoms with Gasteiger partial charge in [0.15, 0.2) is 0 Å². The molecule has 8 nitrogen and oxygen atoms in total. The molecule has 3 amide bonds. The molecule has 0 atom stereocenters. The number of piperazine rings is 1. The van der Waals surface area contributed by atoms with Crippen LogP contribution in [0.25, 0.3) is 0 Å². The summed E-state index contributed by atoms with van der Waals surface area (Å²) >= 11 is 6.11. The van der Waals surface area contributed by atoms with Crippen LogP contribution in [-0.4, -0.2) is 62.4 Å². The molecule has 3 rings (SSSR count). The number of hydrogen-bond donors (Lipinski definition) is 2. The first-order valence-electron chi connectivity index (χ1n) is 10.3. The number of carbonyl (C=O) groups excluding carboxylic acids is 2. The molecule has 0 aliphatic carbocycles. The van der Waals surface area contributed by atoms with E-state index in [1.165, 1.54) is 12.1 Å². The van der Waals surface area contributed by atoms with Crippen molar-refractivity contribution in [1.29, 1.82) is 0 Å². The molecule has 0 unspecified atom stereocenters. The van der Waals surface area contributed by atoms with Crippen LogP contribution in [-0.2, 0) is 10.0 Å². The minimum absolute atomic E-state index is 0.0480. The van der Waals surface area contributed by atoms with Crippen molar-refractivity contribution in [2.24, 2.45) is 0 Å². The summed E-state index contributed by atoms with van der Waals surface area (Å²) in [6, 6.07) is 10.8. The molecule has 0 radical (unpaired) electrons. The van der Waals surface area contributed by atoms with Crippen molar-refractivity contribution in [3.05, 3.63) is 58.6 Å². The van der Waals surface area contributed by atoms with Gasteiger partial charge in [0.05, 0.1) is 4.90 Å². The first kappa shape index (κ1) is 24.0. The number of halogens is 1. The summed E-state index contributed by atoms with van der Waals surface area (Å²) in [5, 5.41) is 3.40. The van der Waals surface area contributed by atoms with E-state index in [1.807, 2.05) is 13.0 Å². The zero-order valence-electron chi connectivity index (χ0n) is 18.3. The number of carbonyl (C=O) groups is 2. The molecule has 1 heterocycles. The van der Waals surface area contributed by atoms with Gasteiger partial charge in [0.25, 0.3) is 5.91 Å². The predicted molar refractivity (Wildman–Crippen MR) is 125 cm³/mol. The van der Waals surface area contributed by atoms with E-state index >= 15 is 0 Å². The maximum atomic E-state index is 12.9. The molecule has 1 aliphatic heterocycles. The minimum Gasteiger partial charge on any atom is -0.335 e. The number of hydrogen-bond acceptors (Lipinski definition) is 4. The standard InChI is InChI=1S/C22H27ClN4O4S/c1-15(2)25-32(30,31)19-6-4-5-17(13-19)21(28)26-9-11-27(12-10-26)22(29)24-18-8-7-16(3)20(23)14-18/h4-8,13-15,25H,9-12H2,1-3H3,(H,24,29). The molecule has 1 saturated heterocycles. The highest BCUT2D eigenvalue weighted by Gasteiger charge is 2.26. The summed E-state index contributed by atoms with van der Waals surface area (Å²) in [6.45, 7) is 6.78. The van der Waals surface area contributed by atoms with E-state index in [4.69, 9.17) is 11.6 Å². The molecular weight excluding hydrogens is 452 g/mol. The Balaban J connectivity index is 1.61. The monoisotopic (exact) mass is 478 g/mol. The van der Waals surface area contributed by atoms with Gasteiger partial charge >= 0.3 is 6.03 Å². The summed E-state index contributed by atoms with van der Waals surface area (Å²) in [6.07, 6.45) is 0. The van der Waals surface area contributed by atoms with Crippen LogP contribution in [0.15, 0.2) is 47.4 Å². The summed E-state index contributed by atoms with van der Waals surface area (Å²) in [7, 11) is -3.69. The number of sulfonamides is 1. The Morgan fingerprint density at radius 1 is 1.00 bits per heavy atom. The van der Waals surface area contributed by atoms with Crippen LogP contribution in [0.3, 0.4) is 0 Å². The fourth-order valence-corrected chi connectivity index (χ4v) is 4.82. The van der Waals surface area contributed by atoms with Crippen molar-refractivity contribution in [2.75, 3.05) is 31.5 Å². The minimum atomic E-state index is -3.69. The van der Waals surface area contributed by atoms with Gasteiger partial charge in [0.2, 0.25) is 10.0 Å². The van der Waals surface area contributed by atoms with Crippen molar-refractivity contribution < 1.29 is 18.0 Å². The van der Waals surface area contributed by atoms with Gasteiger partial charge in [-0.1, -0.05) is 23.7 Å². The molecule has 0 aromatic heterocycles. The second-order valence-electron chi connectivity index (χ2n) is 7.98. The van der Waals surface area contributed by atoms with Crippen LogP contribution >= 0.6 is 11.6 Å². The molecule has 2 aromatic rings. The molecule has 2 N–H and O–H groups in total. The molecule has 0 saturated carbocycles. The molecule has 10 heteroatoms. The van der Waals surface area contributed by atoms with Crippen molar-refractivity contribution in [3.63, 3.8) is 0 Å². The van der Waals surface area contributed by atoms with Gasteiger partial charge in [-0.05, 0) is 56.7 Å². The second kappa shape index (κ2) is 9.89. The Bertz CT molecular complexity index is 1110. The second-order valence-corrected chi connectivity index (χ2v) is 10.1. The number of aryl methyl sites for hydroxylation is 1. The third kappa shape index (κ3) is 5.79. The van der Waals surface area contributed by atoms with E-state index in [0.717, 1.165) is 5.56 Å². The fraction of sp³-hybridized carbons (Fsp3) is 0.364. The van der Waals surface area contributed by atoms with Crippen LogP contribution in [0.4, 0.5) is 10.5 Å². The largest absolute Gasteiger partial charge is 0.335 e. The molecule has 2 aromatic carbocycles. The maximum absolute atomic E-state index is 12.9. The summed E-state index contributed by atoms with van der Waals surface area (Å²) in [4.78, 5) is 28.8. The van der Waals surface area contributed by atoms with E-state index in [-0.39, 0.29) is 22.9 Å². The highest BCUT2D eigenvalue weighted by atomic mass is 35.5. The number of amides is 3. The Kier molecular flexibility index (Phi) is 7.43. The number of nitrogens with zero attached hydrogens (tertiary/aromatic N) is 2. The first-order valence-corrected chi connectivity index (χ1v) is 12.2. The summed E-state index contributed by atoms with van der Waals surface area (Å²) < 4.78 is 27.3. The number of nitrogens with one attached hydrogen (secondary N) is 2. The summed E-state index contributed by atoms with van der Waals surface area (Å²) in [5.74, 6) is -0.267. The van der Waals surface area contributed by atoms with Crippen LogP contribution in [0, 0.1) is 6.92 Å². The number of urea groups is 1. The highest BCUT2D eigenvalue weighted by molar-refractivity contribution is 7.89. The van der Waals surface area contributed by atoms with Crippen molar-refractivity contribution in [3.8, 4) is 0 Å². The van der Waals surface area contributed by atoms with Gasteiger partial charge in [-0.2, -0.15) is 0 Å². The molecule has 0 spiro atoms. The normalized spacial score (nSPS) is 14.5. The zero-order valence-corrected chi connectivity index (χ0v) is 19.8. The highest BCUT2D eigenvalue weighted by Crippen LogP contribution is 2.21. The van der Waals surface area contributed by atoms with Crippen LogP contribution in [0.5, 0.6) is 0 Å². The lowest BCUT2D eigenvalue weighted by molar-refractivity contribution is 0.0671. The molecular formula is C22H27ClN4O4S. The number of benzene rings is 2. The molecule has 172 valence electrons. The fourth-order valence-electron chi connectivity index (χ4n) is 3.34. The Hall–Kier alpha value is -2.62. The van der Waals surface area contributed by atoms with Crippen molar-refractivity contribution in [2.45, 2.75) is 31.7 Å². The average molecular weight is 479 g/mol. The van der Waals surface area contributed by atoms with E-state index in [2.05, 4.69) is 10.0 Å². The molecule has 32 heavy (non-hydrogen) atoms. The average Bonchev–Trinajstić information content (AvgIpc) is 2.75. The summed E-state index contributed by atoms with van der Waals surface area (Å²) in [5.41, 5.74) is 1.83. The van der Waals surface area contributed by atoms with Gasteiger partial charge in [-0.25, -0.2) is 17.9 Å². The van der Waals surface area contributed by atoms with E-state index in [1.54, 1.807) is 47.9 Å². The Morgan fingerprint density at radius 2 is 1.66 bits per heavy atom. The van der Waals surface area contributed by atoms with Gasteiger partial charge < -0.3 is 15.1 Å². The van der Waals surface area contributed by atoms with Gasteiger partial charge in [-0.3, -0.25) is 4.79 Å². The van der Waals surface area contributed by atoms with E-state index < -0.39 is 10.0 Å². The van der Waals surface area contributed by atoms with Gasteiger partial charge in [0.1, 0.15) is 0 Å². The smallest absolute Gasteiger partial charge is 0.321 e. The molecule has 0 bridgehead atoms. The number of rotatable bonds is 5. The zero-order chi connectivity index (χ0) is 23.5. The van der Waals surface area contributed by atoms with E-state index in [0.29, 0.717) is 42.5 Å². The van der Waals surface area contributed by atoms with Crippen LogP contribution < -0.4 is 10.0 Å². The lowest BCUT2D eigenvalue weighted by Gasteiger charge is -2.34. The van der Waals surface area contributed by atoms with Gasteiger partial charge in [0, 0.05) is 48.5 Å². The quantitative estimate of drug-likeness (QED) is 0.688. The third-order valence-electron chi connectivity index (χ3n) is 5.06. The van der Waals surface area contributed by atoms with Gasteiger partial charge in [-0.15, -0.1) is 0 Å². The van der Waals surface area contributed by atoms with E-state index in [9.17, 15) is 18.0 Å². The number of anilines is 1. The Morgan fingerprint density at radius 3 is 2.28 bits per heavy atom. The third-order valence-corrected chi connectivity index (χ3v) is 7.12. The topological polar surface area (TPSA) is 98.8 Å². The maximum Gasteiger partial charge on any atom is 0.321 e. The van der Waals surface area contributed by atoms with Crippen molar-refractivity contribution in [1.82, 2.24) is 14.5 Å². The molecule has 1 fully saturated rings. The SMILES string of the molecule is Cc1ccc(NC(=O)N2CCN(C(=O)c3cccc(S(=O)(=O)NC(C)C)c3)CC2)cc1Cl. The first-order chi connectivity index (χ1) is 15.1. The predicted octanol–water partition coefficient (Wildman–Crippen LogP) is 3.33. The van der Waals surface area contributed by atoms with Crippen molar-refractivity contribution >= 4 is 39.2 Å². The van der Waals surface area contributed by atoms with Crippen LogP contribution in [0.1, 0.15) is 29.8 Å². The lowest BCUT2D eigenvalue weighted by atomic mass is 10.2. The van der Waals surface area contributed by atoms with Crippen LogP contribution in [0.2, 0.25) is 5.02 Å². The lowest BCUT2D eigenvalue weighted by Crippen LogP contribution is -2.51.